The van der Waals surface area contributed by atoms with Gasteiger partial charge >= 0.3 is 0 Å². The van der Waals surface area contributed by atoms with Gasteiger partial charge in [0.05, 0.1) is 23.8 Å². The Bertz CT molecular complexity index is 849. The van der Waals surface area contributed by atoms with Crippen molar-refractivity contribution >= 4 is 40.5 Å². The van der Waals surface area contributed by atoms with Crippen LogP contribution in [0.4, 0.5) is 17.1 Å². The molecule has 1 aliphatic rings. The maximum atomic E-state index is 12.3. The van der Waals surface area contributed by atoms with Gasteiger partial charge in [-0.05, 0) is 56.3 Å². The second kappa shape index (κ2) is 11.0. The number of halogens is 1. The zero-order valence-corrected chi connectivity index (χ0v) is 18.1. The van der Waals surface area contributed by atoms with Crippen LogP contribution in [-0.4, -0.2) is 49.9 Å². The van der Waals surface area contributed by atoms with Gasteiger partial charge in [0.1, 0.15) is 0 Å². The fraction of sp³-hybridized carbons (Fsp3) is 0.391. The van der Waals surface area contributed by atoms with E-state index < -0.39 is 0 Å². The highest BCUT2D eigenvalue weighted by Gasteiger charge is 2.13. The number of anilines is 3. The smallest absolute Gasteiger partial charge is 0.238 e. The molecule has 0 radical (unpaired) electrons. The SMILES string of the molecule is CN(CC(=O)Nc1ccc(N2CCCCCC2)cc1)CC(=O)Nc1ccccc1Cl. The third-order valence-electron chi connectivity index (χ3n) is 5.10. The Kier molecular flexibility index (Phi) is 8.11. The quantitative estimate of drug-likeness (QED) is 0.692. The number of likely N-dealkylation sites (N-methyl/N-ethyl adjacent to an activating group) is 1. The summed E-state index contributed by atoms with van der Waals surface area (Å²) >= 11 is 6.05. The first-order chi connectivity index (χ1) is 14.5. The van der Waals surface area contributed by atoms with Crippen LogP contribution in [0.2, 0.25) is 5.02 Å². The van der Waals surface area contributed by atoms with E-state index in [1.165, 1.54) is 31.4 Å². The summed E-state index contributed by atoms with van der Waals surface area (Å²) < 4.78 is 0. The van der Waals surface area contributed by atoms with Crippen LogP contribution in [0.5, 0.6) is 0 Å². The van der Waals surface area contributed by atoms with Crippen LogP contribution >= 0.6 is 11.6 Å². The third-order valence-corrected chi connectivity index (χ3v) is 5.43. The molecule has 30 heavy (non-hydrogen) atoms. The van der Waals surface area contributed by atoms with E-state index >= 15 is 0 Å². The van der Waals surface area contributed by atoms with Gasteiger partial charge < -0.3 is 15.5 Å². The second-order valence-electron chi connectivity index (χ2n) is 7.70. The number of nitrogens with zero attached hydrogens (tertiary/aromatic N) is 2. The van der Waals surface area contributed by atoms with Crippen molar-refractivity contribution in [2.24, 2.45) is 0 Å². The first-order valence-electron chi connectivity index (χ1n) is 10.4. The van der Waals surface area contributed by atoms with Crippen LogP contribution in [0.1, 0.15) is 25.7 Å². The minimum atomic E-state index is -0.222. The van der Waals surface area contributed by atoms with Gasteiger partial charge in [0.2, 0.25) is 11.8 Å². The van der Waals surface area contributed by atoms with Gasteiger partial charge in [-0.2, -0.15) is 0 Å². The second-order valence-corrected chi connectivity index (χ2v) is 8.10. The molecule has 2 N–H and O–H groups in total. The molecule has 0 bridgehead atoms. The van der Waals surface area contributed by atoms with Crippen molar-refractivity contribution in [3.05, 3.63) is 53.6 Å². The molecule has 2 amide bonds. The lowest BCUT2D eigenvalue weighted by Gasteiger charge is -2.23. The Balaban J connectivity index is 1.45. The molecule has 1 saturated heterocycles. The number of hydrogen-bond acceptors (Lipinski definition) is 4. The van der Waals surface area contributed by atoms with Gasteiger partial charge in [0, 0.05) is 24.5 Å². The molecule has 0 atom stereocenters. The zero-order valence-electron chi connectivity index (χ0n) is 17.4. The van der Waals surface area contributed by atoms with E-state index in [1.54, 1.807) is 36.2 Å². The van der Waals surface area contributed by atoms with Crippen LogP contribution in [0.3, 0.4) is 0 Å². The summed E-state index contributed by atoms with van der Waals surface area (Å²) in [6.45, 7) is 2.38. The molecule has 3 rings (SSSR count). The predicted octanol–water partition coefficient (Wildman–Crippen LogP) is 4.23. The minimum Gasteiger partial charge on any atom is -0.372 e. The predicted molar refractivity (Wildman–Crippen MR) is 123 cm³/mol. The lowest BCUT2D eigenvalue weighted by Crippen LogP contribution is -2.36. The Labute approximate surface area is 183 Å². The average Bonchev–Trinajstić information content (AvgIpc) is 2.99. The molecular formula is C23H29ClN4O2. The van der Waals surface area contributed by atoms with Crippen molar-refractivity contribution in [1.82, 2.24) is 4.90 Å². The van der Waals surface area contributed by atoms with E-state index in [1.807, 2.05) is 12.1 Å². The van der Waals surface area contributed by atoms with E-state index in [2.05, 4.69) is 27.7 Å². The molecule has 1 fully saturated rings. The maximum absolute atomic E-state index is 12.3. The molecule has 0 aromatic heterocycles. The van der Waals surface area contributed by atoms with Crippen LogP contribution in [0, 0.1) is 0 Å². The molecule has 7 heteroatoms. The van der Waals surface area contributed by atoms with Crippen LogP contribution in [0.25, 0.3) is 0 Å². The summed E-state index contributed by atoms with van der Waals surface area (Å²) in [5.41, 5.74) is 2.52. The Morgan fingerprint density at radius 2 is 1.50 bits per heavy atom. The van der Waals surface area contributed by atoms with Crippen molar-refractivity contribution in [1.29, 1.82) is 0 Å². The molecule has 1 heterocycles. The fourth-order valence-corrected chi connectivity index (χ4v) is 3.77. The highest BCUT2D eigenvalue weighted by atomic mass is 35.5. The molecular weight excluding hydrogens is 400 g/mol. The average molecular weight is 429 g/mol. The molecule has 2 aromatic carbocycles. The summed E-state index contributed by atoms with van der Waals surface area (Å²) in [7, 11) is 1.73. The highest BCUT2D eigenvalue weighted by Crippen LogP contribution is 2.22. The summed E-state index contributed by atoms with van der Waals surface area (Å²) in [4.78, 5) is 28.6. The monoisotopic (exact) mass is 428 g/mol. The number of amides is 2. The lowest BCUT2D eigenvalue weighted by molar-refractivity contribution is -0.119. The van der Waals surface area contributed by atoms with Gasteiger partial charge in [0.25, 0.3) is 0 Å². The Hall–Kier alpha value is -2.57. The Morgan fingerprint density at radius 3 is 2.13 bits per heavy atom. The molecule has 0 unspecified atom stereocenters. The van der Waals surface area contributed by atoms with Gasteiger partial charge in [0.15, 0.2) is 0 Å². The van der Waals surface area contributed by atoms with Crippen molar-refractivity contribution in [3.63, 3.8) is 0 Å². The number of para-hydroxylation sites is 1. The highest BCUT2D eigenvalue weighted by molar-refractivity contribution is 6.33. The van der Waals surface area contributed by atoms with Gasteiger partial charge in [-0.15, -0.1) is 0 Å². The maximum Gasteiger partial charge on any atom is 0.238 e. The number of nitrogens with one attached hydrogen (secondary N) is 2. The molecule has 0 saturated carbocycles. The molecule has 6 nitrogen and oxygen atoms in total. The van der Waals surface area contributed by atoms with E-state index in [0.29, 0.717) is 10.7 Å². The number of benzene rings is 2. The minimum absolute atomic E-state index is 0.0898. The molecule has 1 aliphatic heterocycles. The summed E-state index contributed by atoms with van der Waals surface area (Å²) in [6, 6.07) is 15.0. The van der Waals surface area contributed by atoms with Crippen LogP contribution in [-0.2, 0) is 9.59 Å². The van der Waals surface area contributed by atoms with Crippen molar-refractivity contribution in [2.45, 2.75) is 25.7 Å². The number of rotatable bonds is 7. The molecule has 0 aliphatic carbocycles. The first-order valence-corrected chi connectivity index (χ1v) is 10.8. The fourth-order valence-electron chi connectivity index (χ4n) is 3.58. The summed E-state index contributed by atoms with van der Waals surface area (Å²) in [6.07, 6.45) is 5.06. The number of carbonyl (C=O) groups is 2. The van der Waals surface area contributed by atoms with E-state index in [0.717, 1.165) is 18.8 Å². The molecule has 2 aromatic rings. The van der Waals surface area contributed by atoms with Gasteiger partial charge in [-0.3, -0.25) is 14.5 Å². The van der Waals surface area contributed by atoms with E-state index in [4.69, 9.17) is 11.6 Å². The topological polar surface area (TPSA) is 64.7 Å². The van der Waals surface area contributed by atoms with Gasteiger partial charge in [-0.1, -0.05) is 36.6 Å². The first kappa shape index (κ1) is 22.1. The Morgan fingerprint density at radius 1 is 0.900 bits per heavy atom. The van der Waals surface area contributed by atoms with Crippen LogP contribution in [0.15, 0.2) is 48.5 Å². The largest absolute Gasteiger partial charge is 0.372 e. The molecule has 0 spiro atoms. The zero-order chi connectivity index (χ0) is 21.3. The lowest BCUT2D eigenvalue weighted by atomic mass is 10.2. The van der Waals surface area contributed by atoms with Crippen molar-refractivity contribution < 1.29 is 9.59 Å². The number of carbonyl (C=O) groups excluding carboxylic acids is 2. The van der Waals surface area contributed by atoms with Crippen molar-refractivity contribution in [3.8, 4) is 0 Å². The van der Waals surface area contributed by atoms with E-state index in [9.17, 15) is 9.59 Å². The van der Waals surface area contributed by atoms with Crippen LogP contribution < -0.4 is 15.5 Å². The van der Waals surface area contributed by atoms with E-state index in [-0.39, 0.29) is 24.9 Å². The third kappa shape index (κ3) is 6.75. The standard InChI is InChI=1S/C23H29ClN4O2/c1-27(17-23(30)26-21-9-5-4-8-20(21)24)16-22(29)25-18-10-12-19(13-11-18)28-14-6-2-3-7-15-28/h4-5,8-13H,2-3,6-7,14-17H2,1H3,(H,25,29)(H,26,30). The number of hydrogen-bond donors (Lipinski definition) is 2. The van der Waals surface area contributed by atoms with Gasteiger partial charge in [-0.25, -0.2) is 0 Å². The van der Waals surface area contributed by atoms with Crippen molar-refractivity contribution in [2.75, 3.05) is 48.8 Å². The summed E-state index contributed by atoms with van der Waals surface area (Å²) in [5, 5.41) is 6.13. The normalized spacial score (nSPS) is 14.3. The summed E-state index contributed by atoms with van der Waals surface area (Å²) in [5.74, 6) is -0.384. The molecule has 160 valence electrons.